The minimum atomic E-state index is -3.83. The lowest BCUT2D eigenvalue weighted by Gasteiger charge is -2.21. The van der Waals surface area contributed by atoms with Crippen LogP contribution in [0.2, 0.25) is 0 Å². The van der Waals surface area contributed by atoms with E-state index in [1.807, 2.05) is 6.20 Å². The second-order valence-electron chi connectivity index (χ2n) is 10.8. The smallest absolute Gasteiger partial charge is 0.251 e. The normalized spacial score (nSPS) is 13.6. The van der Waals surface area contributed by atoms with Gasteiger partial charge in [0.15, 0.2) is 9.84 Å². The molecule has 1 aliphatic rings. The van der Waals surface area contributed by atoms with Crippen LogP contribution in [0.5, 0.6) is 0 Å². The summed E-state index contributed by atoms with van der Waals surface area (Å²) in [6, 6.07) is 13.2. The first-order chi connectivity index (χ1) is 21.3. The maximum atomic E-state index is 13.5. The summed E-state index contributed by atoms with van der Waals surface area (Å²) >= 11 is 0. The number of hydrogen-bond donors (Lipinski definition) is 4. The molecule has 0 bridgehead atoms. The van der Waals surface area contributed by atoms with Gasteiger partial charge < -0.3 is 16.0 Å². The molecular weight excluding hydrogens is 578 g/mol. The van der Waals surface area contributed by atoms with Crippen LogP contribution in [0.4, 0.5) is 5.69 Å². The number of benzene rings is 2. The zero-order valence-electron chi connectivity index (χ0n) is 24.5. The van der Waals surface area contributed by atoms with E-state index in [2.05, 4.69) is 43.1 Å². The highest BCUT2D eigenvalue weighted by atomic mass is 32.2. The minimum absolute atomic E-state index is 0.00431. The van der Waals surface area contributed by atoms with Crippen molar-refractivity contribution >= 4 is 27.3 Å². The average molecular weight is 614 g/mol. The summed E-state index contributed by atoms with van der Waals surface area (Å²) < 4.78 is 28.5. The third-order valence-corrected chi connectivity index (χ3v) is 9.07. The summed E-state index contributed by atoms with van der Waals surface area (Å²) in [5.74, 6) is 5.38. The van der Waals surface area contributed by atoms with Crippen LogP contribution >= 0.6 is 0 Å². The molecule has 1 fully saturated rings. The number of rotatable bonds is 10. The molecule has 1 aliphatic heterocycles. The van der Waals surface area contributed by atoms with Gasteiger partial charge in [-0.25, -0.2) is 8.42 Å². The Morgan fingerprint density at radius 3 is 2.57 bits per heavy atom. The van der Waals surface area contributed by atoms with Gasteiger partial charge in [-0.1, -0.05) is 11.8 Å². The molecule has 0 spiro atoms. The Hall–Kier alpha value is -4.73. The van der Waals surface area contributed by atoms with E-state index in [9.17, 15) is 18.0 Å². The van der Waals surface area contributed by atoms with Gasteiger partial charge in [0.1, 0.15) is 0 Å². The molecule has 0 atom stereocenters. The van der Waals surface area contributed by atoms with Crippen LogP contribution in [0.1, 0.15) is 52.0 Å². The molecule has 228 valence electrons. The van der Waals surface area contributed by atoms with E-state index in [0.717, 1.165) is 44.3 Å². The van der Waals surface area contributed by atoms with Crippen LogP contribution in [-0.2, 0) is 33.9 Å². The standard InChI is InChI=1S/C32H35N7O4S/c1-39-18-14-29(38-39)22-44(42,43)30-11-8-27(31(40)34-15-2-3-24-20-35-36-21-24)19-26(30)7-4-23-5-9-28(10-6-23)37-32(41)25-12-16-33-17-13-25/h5-6,8-11,14,18-21,25,33H,2-3,12-13,15-17,22H2,1H3,(H,34,40)(H,35,36)(H,37,41). The number of carbonyl (C=O) groups is 2. The second-order valence-corrected chi connectivity index (χ2v) is 12.7. The van der Waals surface area contributed by atoms with Gasteiger partial charge in [0.05, 0.1) is 22.5 Å². The summed E-state index contributed by atoms with van der Waals surface area (Å²) in [7, 11) is -2.10. The number of aromatic nitrogens is 4. The summed E-state index contributed by atoms with van der Waals surface area (Å²) in [5, 5.41) is 20.0. The Bertz CT molecular complexity index is 1760. The highest BCUT2D eigenvalue weighted by Crippen LogP contribution is 2.22. The van der Waals surface area contributed by atoms with Crippen LogP contribution < -0.4 is 16.0 Å². The first-order valence-corrected chi connectivity index (χ1v) is 16.2. The lowest BCUT2D eigenvalue weighted by molar-refractivity contribution is -0.120. The van der Waals surface area contributed by atoms with Crippen LogP contribution in [0.3, 0.4) is 0 Å². The van der Waals surface area contributed by atoms with E-state index in [4.69, 9.17) is 0 Å². The number of nitrogens with zero attached hydrogens (tertiary/aromatic N) is 3. The Morgan fingerprint density at radius 1 is 1.07 bits per heavy atom. The number of anilines is 1. The van der Waals surface area contributed by atoms with Crippen molar-refractivity contribution in [2.24, 2.45) is 13.0 Å². The van der Waals surface area contributed by atoms with Crippen molar-refractivity contribution in [1.29, 1.82) is 0 Å². The largest absolute Gasteiger partial charge is 0.352 e. The van der Waals surface area contributed by atoms with Crippen molar-refractivity contribution in [3.05, 3.63) is 95.1 Å². The Labute approximate surface area is 256 Å². The van der Waals surface area contributed by atoms with Gasteiger partial charge in [-0.15, -0.1) is 0 Å². The number of nitrogens with one attached hydrogen (secondary N) is 4. The lowest BCUT2D eigenvalue weighted by atomic mass is 9.97. The fourth-order valence-corrected chi connectivity index (χ4v) is 6.39. The highest BCUT2D eigenvalue weighted by molar-refractivity contribution is 7.90. The van der Waals surface area contributed by atoms with Gasteiger partial charge in [0.2, 0.25) is 5.91 Å². The van der Waals surface area contributed by atoms with Crippen molar-refractivity contribution in [1.82, 2.24) is 30.6 Å². The number of hydrogen-bond acceptors (Lipinski definition) is 7. The molecule has 12 heteroatoms. The zero-order chi connectivity index (χ0) is 30.9. The van der Waals surface area contributed by atoms with Crippen molar-refractivity contribution in [2.75, 3.05) is 25.0 Å². The van der Waals surface area contributed by atoms with Gasteiger partial charge in [-0.3, -0.25) is 19.4 Å². The Kier molecular flexibility index (Phi) is 9.89. The molecule has 0 saturated carbocycles. The Balaban J connectivity index is 1.33. The van der Waals surface area contributed by atoms with E-state index >= 15 is 0 Å². The zero-order valence-corrected chi connectivity index (χ0v) is 25.3. The maximum Gasteiger partial charge on any atom is 0.251 e. The van der Waals surface area contributed by atoms with Crippen molar-refractivity contribution in [3.63, 3.8) is 0 Å². The molecule has 4 aromatic rings. The monoisotopic (exact) mass is 613 g/mol. The molecule has 0 aliphatic carbocycles. The molecule has 0 unspecified atom stereocenters. The van der Waals surface area contributed by atoms with Gasteiger partial charge >= 0.3 is 0 Å². The molecule has 0 radical (unpaired) electrons. The van der Waals surface area contributed by atoms with Crippen LogP contribution in [0, 0.1) is 17.8 Å². The SMILES string of the molecule is Cn1ccc(CS(=O)(=O)c2ccc(C(=O)NCCCc3cn[nH]c3)cc2C#Cc2ccc(NC(=O)C3CCNCC3)cc2)n1. The van der Waals surface area contributed by atoms with E-state index < -0.39 is 9.84 Å². The molecule has 44 heavy (non-hydrogen) atoms. The fourth-order valence-electron chi connectivity index (χ4n) is 4.97. The number of aryl methyl sites for hydroxylation is 2. The molecule has 11 nitrogen and oxygen atoms in total. The number of aromatic amines is 1. The van der Waals surface area contributed by atoms with E-state index in [1.165, 1.54) is 18.2 Å². The van der Waals surface area contributed by atoms with Crippen LogP contribution in [-0.4, -0.2) is 59.8 Å². The quantitative estimate of drug-likeness (QED) is 0.159. The topological polar surface area (TPSA) is 151 Å². The predicted octanol–water partition coefficient (Wildman–Crippen LogP) is 2.82. The highest BCUT2D eigenvalue weighted by Gasteiger charge is 2.22. The minimum Gasteiger partial charge on any atom is -0.352 e. The van der Waals surface area contributed by atoms with E-state index in [0.29, 0.717) is 29.1 Å². The number of piperidine rings is 1. The third-order valence-electron chi connectivity index (χ3n) is 7.37. The molecular formula is C32H35N7O4S. The molecule has 5 rings (SSSR count). The van der Waals surface area contributed by atoms with E-state index in [1.54, 1.807) is 54.5 Å². The summed E-state index contributed by atoms with van der Waals surface area (Å²) in [6.45, 7) is 2.12. The Morgan fingerprint density at radius 2 is 1.86 bits per heavy atom. The molecule has 4 N–H and O–H groups in total. The first-order valence-electron chi connectivity index (χ1n) is 14.5. The van der Waals surface area contributed by atoms with Crippen LogP contribution in [0.15, 0.2) is 72.0 Å². The van der Waals surface area contributed by atoms with E-state index in [-0.39, 0.29) is 33.9 Å². The van der Waals surface area contributed by atoms with Gasteiger partial charge in [0, 0.05) is 54.3 Å². The van der Waals surface area contributed by atoms with Crippen molar-refractivity contribution < 1.29 is 18.0 Å². The fraction of sp³-hybridized carbons (Fsp3) is 0.312. The van der Waals surface area contributed by atoms with Crippen molar-refractivity contribution in [2.45, 2.75) is 36.3 Å². The second kappa shape index (κ2) is 14.2. The molecule has 2 aromatic carbocycles. The van der Waals surface area contributed by atoms with Gasteiger partial charge in [-0.05, 0) is 92.9 Å². The summed E-state index contributed by atoms with van der Waals surface area (Å²) in [5.41, 5.74) is 3.29. The number of amides is 2. The number of sulfone groups is 1. The first kappa shape index (κ1) is 30.7. The lowest BCUT2D eigenvalue weighted by Crippen LogP contribution is -2.34. The number of carbonyl (C=O) groups excluding carboxylic acids is 2. The van der Waals surface area contributed by atoms with Gasteiger partial charge in [-0.2, -0.15) is 10.2 Å². The van der Waals surface area contributed by atoms with Crippen molar-refractivity contribution in [3.8, 4) is 11.8 Å². The molecule has 1 saturated heterocycles. The third kappa shape index (κ3) is 8.21. The molecule has 2 amide bonds. The van der Waals surface area contributed by atoms with Crippen LogP contribution in [0.25, 0.3) is 0 Å². The summed E-state index contributed by atoms with van der Waals surface area (Å²) in [6.07, 6.45) is 8.35. The summed E-state index contributed by atoms with van der Waals surface area (Å²) in [4.78, 5) is 25.6. The van der Waals surface area contributed by atoms with Gasteiger partial charge in [0.25, 0.3) is 5.91 Å². The molecule has 3 heterocycles. The maximum absolute atomic E-state index is 13.5. The average Bonchev–Trinajstić information content (AvgIpc) is 3.70. The number of H-pyrrole nitrogens is 1. The molecule has 2 aromatic heterocycles. The predicted molar refractivity (Wildman–Crippen MR) is 166 cm³/mol.